The topological polar surface area (TPSA) is 97.1 Å². The van der Waals surface area contributed by atoms with Crippen LogP contribution in [0.25, 0.3) is 10.9 Å². The van der Waals surface area contributed by atoms with Gasteiger partial charge in [0, 0.05) is 37.7 Å². The molecule has 3 atom stereocenters. The molecular formula is C24H31N5O2. The van der Waals surface area contributed by atoms with E-state index in [0.717, 1.165) is 54.5 Å². The molecule has 3 N–H and O–H groups in total. The average molecular weight is 422 g/mol. The largest absolute Gasteiger partial charge is 0.373 e. The van der Waals surface area contributed by atoms with Gasteiger partial charge in [-0.1, -0.05) is 31.5 Å². The second-order valence-corrected chi connectivity index (χ2v) is 8.73. The predicted molar refractivity (Wildman–Crippen MR) is 120 cm³/mol. The van der Waals surface area contributed by atoms with E-state index in [1.54, 1.807) is 13.3 Å². The summed E-state index contributed by atoms with van der Waals surface area (Å²) < 4.78 is 6.30. The van der Waals surface area contributed by atoms with Gasteiger partial charge in [-0.2, -0.15) is 5.10 Å². The van der Waals surface area contributed by atoms with Crippen molar-refractivity contribution in [1.82, 2.24) is 20.1 Å². The maximum absolute atomic E-state index is 11.8. The zero-order valence-corrected chi connectivity index (χ0v) is 18.5. The highest BCUT2D eigenvalue weighted by Crippen LogP contribution is 2.48. The molecule has 0 saturated heterocycles. The van der Waals surface area contributed by atoms with Crippen LogP contribution in [0, 0.1) is 11.8 Å². The Morgan fingerprint density at radius 3 is 2.90 bits per heavy atom. The van der Waals surface area contributed by atoms with Crippen LogP contribution in [-0.4, -0.2) is 46.7 Å². The zero-order chi connectivity index (χ0) is 22.0. The van der Waals surface area contributed by atoms with Crippen LogP contribution >= 0.6 is 0 Å². The van der Waals surface area contributed by atoms with E-state index in [1.807, 2.05) is 30.3 Å². The molecule has 1 saturated carbocycles. The van der Waals surface area contributed by atoms with Gasteiger partial charge in [-0.05, 0) is 49.6 Å². The number of primary amides is 1. The number of benzene rings is 1. The van der Waals surface area contributed by atoms with E-state index >= 15 is 0 Å². The van der Waals surface area contributed by atoms with E-state index in [4.69, 9.17) is 10.5 Å². The number of rotatable bonds is 7. The smallest absolute Gasteiger partial charge is 0.267 e. The highest BCUT2D eigenvalue weighted by Gasteiger charge is 2.48. The van der Waals surface area contributed by atoms with Gasteiger partial charge < -0.3 is 15.4 Å². The highest BCUT2D eigenvalue weighted by molar-refractivity contribution is 5.90. The van der Waals surface area contributed by atoms with Gasteiger partial charge in [-0.25, -0.2) is 0 Å². The quantitative estimate of drug-likeness (QED) is 0.609. The number of carbonyl (C=O) groups excluding carboxylic acids is 1. The number of hydrogen-bond donors (Lipinski definition) is 2. The van der Waals surface area contributed by atoms with Crippen molar-refractivity contribution in [3.05, 3.63) is 59.5 Å². The fourth-order valence-corrected chi connectivity index (χ4v) is 5.38. The Kier molecular flexibility index (Phi) is 6.07. The van der Waals surface area contributed by atoms with Crippen LogP contribution in [-0.2, 0) is 16.9 Å². The first-order chi connectivity index (χ1) is 15.0. The fourth-order valence-electron chi connectivity index (χ4n) is 5.38. The van der Waals surface area contributed by atoms with Gasteiger partial charge in [0.15, 0.2) is 0 Å². The molecule has 31 heavy (non-hydrogen) atoms. The van der Waals surface area contributed by atoms with Crippen molar-refractivity contribution in [3.8, 4) is 0 Å². The number of amides is 1. The lowest BCUT2D eigenvalue weighted by Crippen LogP contribution is -2.49. The van der Waals surface area contributed by atoms with Crippen molar-refractivity contribution in [2.45, 2.75) is 38.3 Å². The number of hydrogen-bond acceptors (Lipinski definition) is 5. The number of aromatic amines is 1. The third-order valence-electron chi connectivity index (χ3n) is 6.83. The first-order valence-electron chi connectivity index (χ1n) is 10.9. The Morgan fingerprint density at radius 1 is 1.32 bits per heavy atom. The molecule has 0 bridgehead atoms. The summed E-state index contributed by atoms with van der Waals surface area (Å²) in [5, 5.41) is 8.81. The lowest BCUT2D eigenvalue weighted by molar-refractivity contribution is -0.132. The van der Waals surface area contributed by atoms with Gasteiger partial charge in [0.05, 0.1) is 16.8 Å². The van der Waals surface area contributed by atoms with Gasteiger partial charge in [-0.3, -0.25) is 14.9 Å². The number of para-hydroxylation sites is 1. The SMILES string of the molecule is COC1(c2ccnc(C(N)=O)c2)C(C)CCCC1CN(C)Cc1n[nH]c2ccccc12. The van der Waals surface area contributed by atoms with Gasteiger partial charge in [0.2, 0.25) is 0 Å². The average Bonchev–Trinajstić information content (AvgIpc) is 3.17. The van der Waals surface area contributed by atoms with Crippen LogP contribution in [0.2, 0.25) is 0 Å². The van der Waals surface area contributed by atoms with Crippen molar-refractivity contribution >= 4 is 16.8 Å². The molecule has 1 fully saturated rings. The molecule has 2 heterocycles. The summed E-state index contributed by atoms with van der Waals surface area (Å²) in [6.45, 7) is 3.84. The molecule has 164 valence electrons. The number of aromatic nitrogens is 3. The van der Waals surface area contributed by atoms with E-state index in [0.29, 0.717) is 5.92 Å². The number of pyridine rings is 1. The maximum atomic E-state index is 11.8. The monoisotopic (exact) mass is 421 g/mol. The predicted octanol–water partition coefficient (Wildman–Crippen LogP) is 3.47. The van der Waals surface area contributed by atoms with Crippen LogP contribution in [0.15, 0.2) is 42.6 Å². The highest BCUT2D eigenvalue weighted by atomic mass is 16.5. The summed E-state index contributed by atoms with van der Waals surface area (Å²) in [6, 6.07) is 12.0. The summed E-state index contributed by atoms with van der Waals surface area (Å²) in [4.78, 5) is 18.2. The first-order valence-corrected chi connectivity index (χ1v) is 10.9. The molecule has 1 aromatic carbocycles. The van der Waals surface area contributed by atoms with Crippen LogP contribution in [0.3, 0.4) is 0 Å². The summed E-state index contributed by atoms with van der Waals surface area (Å²) in [5.41, 5.74) is 8.38. The van der Waals surface area contributed by atoms with Crippen LogP contribution < -0.4 is 5.73 Å². The minimum atomic E-state index is -0.518. The van der Waals surface area contributed by atoms with Crippen LogP contribution in [0.4, 0.5) is 0 Å². The number of fused-ring (bicyclic) bond motifs is 1. The number of methoxy groups -OCH3 is 1. The minimum Gasteiger partial charge on any atom is -0.373 e. The number of carbonyl (C=O) groups is 1. The van der Waals surface area contributed by atoms with Crippen molar-refractivity contribution in [2.75, 3.05) is 20.7 Å². The fraction of sp³-hybridized carbons (Fsp3) is 0.458. The second-order valence-electron chi connectivity index (χ2n) is 8.73. The van der Waals surface area contributed by atoms with Gasteiger partial charge in [-0.15, -0.1) is 0 Å². The molecular weight excluding hydrogens is 390 g/mol. The van der Waals surface area contributed by atoms with E-state index in [9.17, 15) is 4.79 Å². The third kappa shape index (κ3) is 3.95. The van der Waals surface area contributed by atoms with Crippen molar-refractivity contribution in [2.24, 2.45) is 17.6 Å². The Labute approximate surface area is 183 Å². The molecule has 7 nitrogen and oxygen atoms in total. The Balaban J connectivity index is 1.62. The zero-order valence-electron chi connectivity index (χ0n) is 18.5. The van der Waals surface area contributed by atoms with Crippen LogP contribution in [0.1, 0.15) is 47.9 Å². The van der Waals surface area contributed by atoms with Crippen molar-refractivity contribution in [1.29, 1.82) is 0 Å². The third-order valence-corrected chi connectivity index (χ3v) is 6.83. The number of nitrogens with zero attached hydrogens (tertiary/aromatic N) is 3. The molecule has 0 aliphatic heterocycles. The first kappa shape index (κ1) is 21.5. The minimum absolute atomic E-state index is 0.264. The van der Waals surface area contributed by atoms with Crippen LogP contribution in [0.5, 0.6) is 0 Å². The molecule has 4 rings (SSSR count). The lowest BCUT2D eigenvalue weighted by atomic mass is 9.65. The molecule has 7 heteroatoms. The number of nitrogens with one attached hydrogen (secondary N) is 1. The molecule has 1 aliphatic rings. The van der Waals surface area contributed by atoms with Gasteiger partial charge >= 0.3 is 0 Å². The number of H-pyrrole nitrogens is 1. The van der Waals surface area contributed by atoms with Crippen molar-refractivity contribution < 1.29 is 9.53 Å². The van der Waals surface area contributed by atoms with E-state index in [-0.39, 0.29) is 11.6 Å². The molecule has 2 aromatic heterocycles. The molecule has 0 radical (unpaired) electrons. The molecule has 1 amide bonds. The Morgan fingerprint density at radius 2 is 2.13 bits per heavy atom. The van der Waals surface area contributed by atoms with E-state index in [2.05, 4.69) is 40.1 Å². The van der Waals surface area contributed by atoms with E-state index < -0.39 is 11.5 Å². The normalized spacial score (nSPS) is 24.0. The number of ether oxygens (including phenoxy) is 1. The number of nitrogens with two attached hydrogens (primary N) is 1. The summed E-state index contributed by atoms with van der Waals surface area (Å²) in [5.74, 6) is 0.0502. The maximum Gasteiger partial charge on any atom is 0.267 e. The van der Waals surface area contributed by atoms with E-state index in [1.165, 1.54) is 0 Å². The Hall–Kier alpha value is -2.77. The standard InChI is InChI=1S/C24H31N5O2/c1-16-7-6-8-18(24(16,31-3)17-11-12-26-21(13-17)23(25)30)14-29(2)15-22-19-9-4-5-10-20(19)27-28-22/h4-5,9-13,16,18H,6-8,14-15H2,1-3H3,(H2,25,30)(H,27,28). The molecule has 1 aliphatic carbocycles. The van der Waals surface area contributed by atoms with Gasteiger partial charge in [0.25, 0.3) is 5.91 Å². The molecule has 3 unspecified atom stereocenters. The lowest BCUT2D eigenvalue weighted by Gasteiger charge is -2.49. The Bertz CT molecular complexity index is 1060. The summed E-state index contributed by atoms with van der Waals surface area (Å²) in [6.07, 6.45) is 4.95. The molecule has 0 spiro atoms. The second kappa shape index (κ2) is 8.77. The van der Waals surface area contributed by atoms with Gasteiger partial charge in [0.1, 0.15) is 5.69 Å². The van der Waals surface area contributed by atoms with Crippen molar-refractivity contribution in [3.63, 3.8) is 0 Å². The molecule has 3 aromatic rings. The summed E-state index contributed by atoms with van der Waals surface area (Å²) in [7, 11) is 3.91. The summed E-state index contributed by atoms with van der Waals surface area (Å²) >= 11 is 0.